The van der Waals surface area contributed by atoms with E-state index in [1.165, 1.54) is 12.4 Å². The first kappa shape index (κ1) is 14.1. The zero-order valence-electron chi connectivity index (χ0n) is 11.2. The maximum Gasteiger partial charge on any atom is 0.314 e. The van der Waals surface area contributed by atoms with E-state index in [0.717, 1.165) is 0 Å². The zero-order chi connectivity index (χ0) is 15.4. The third-order valence-electron chi connectivity index (χ3n) is 2.69. The van der Waals surface area contributed by atoms with Crippen molar-refractivity contribution < 1.29 is 17.9 Å². The largest absolute Gasteiger partial charge is 0.486 e. The number of alkyl halides is 2. The summed E-state index contributed by atoms with van der Waals surface area (Å²) >= 11 is 0. The number of nitrogens with zero attached hydrogens (tertiary/aromatic N) is 4. The molecular formula is C14H10F2N4O2. The van der Waals surface area contributed by atoms with Gasteiger partial charge < -0.3 is 9.15 Å². The Hall–Kier alpha value is -2.90. The minimum Gasteiger partial charge on any atom is -0.486 e. The summed E-state index contributed by atoms with van der Waals surface area (Å²) in [6, 6.07) is 9.23. The van der Waals surface area contributed by atoms with E-state index in [4.69, 9.17) is 9.15 Å². The van der Waals surface area contributed by atoms with Gasteiger partial charge in [-0.15, -0.1) is 10.2 Å². The Labute approximate surface area is 123 Å². The van der Waals surface area contributed by atoms with Gasteiger partial charge in [-0.3, -0.25) is 0 Å². The van der Waals surface area contributed by atoms with E-state index < -0.39 is 12.3 Å². The van der Waals surface area contributed by atoms with E-state index >= 15 is 0 Å². The fraction of sp³-hybridized carbons (Fsp3) is 0.143. The van der Waals surface area contributed by atoms with Gasteiger partial charge in [0.05, 0.1) is 5.56 Å². The summed E-state index contributed by atoms with van der Waals surface area (Å²) in [5.41, 5.74) is 0.364. The number of ether oxygens (including phenoxy) is 1. The van der Waals surface area contributed by atoms with Gasteiger partial charge in [0.2, 0.25) is 0 Å². The van der Waals surface area contributed by atoms with Gasteiger partial charge in [0.1, 0.15) is 12.4 Å². The van der Waals surface area contributed by atoms with E-state index in [2.05, 4.69) is 20.2 Å². The van der Waals surface area contributed by atoms with Gasteiger partial charge >= 0.3 is 6.43 Å². The van der Waals surface area contributed by atoms with E-state index in [9.17, 15) is 8.78 Å². The number of aromatic nitrogens is 4. The molecule has 0 bridgehead atoms. The summed E-state index contributed by atoms with van der Waals surface area (Å²) in [5, 5.41) is 6.77. The van der Waals surface area contributed by atoms with Crippen molar-refractivity contribution in [2.75, 3.05) is 0 Å². The van der Waals surface area contributed by atoms with Crippen LogP contribution in [0.15, 0.2) is 47.1 Å². The first-order chi connectivity index (χ1) is 10.7. The highest BCUT2D eigenvalue weighted by atomic mass is 19.3. The molecule has 8 heteroatoms. The monoisotopic (exact) mass is 304 g/mol. The van der Waals surface area contributed by atoms with E-state index in [-0.39, 0.29) is 12.5 Å². The van der Waals surface area contributed by atoms with E-state index in [0.29, 0.717) is 17.1 Å². The molecule has 0 fully saturated rings. The standard InChI is InChI=1S/C14H10F2N4O2/c15-12(16)14-20-19-13(22-14)9-6-17-11(18-7-9)8-21-10-4-2-1-3-5-10/h1-7,12H,8H2. The molecule has 0 aliphatic heterocycles. The number of hydrogen-bond donors (Lipinski definition) is 0. The van der Waals surface area contributed by atoms with Crippen LogP contribution < -0.4 is 4.74 Å². The molecule has 0 spiro atoms. The maximum absolute atomic E-state index is 12.4. The summed E-state index contributed by atoms with van der Waals surface area (Å²) in [5.74, 6) is 0.368. The van der Waals surface area contributed by atoms with Crippen LogP contribution in [0.5, 0.6) is 5.75 Å². The van der Waals surface area contributed by atoms with Crippen molar-refractivity contribution in [3.05, 3.63) is 54.4 Å². The predicted molar refractivity (Wildman–Crippen MR) is 71.1 cm³/mol. The third-order valence-corrected chi connectivity index (χ3v) is 2.69. The minimum atomic E-state index is -2.80. The molecule has 3 aromatic rings. The number of para-hydroxylation sites is 1. The second-order valence-electron chi connectivity index (χ2n) is 4.24. The van der Waals surface area contributed by atoms with Crippen LogP contribution in [0.25, 0.3) is 11.5 Å². The molecule has 0 atom stereocenters. The van der Waals surface area contributed by atoms with Crippen LogP contribution in [0, 0.1) is 0 Å². The Balaban J connectivity index is 1.67. The first-order valence-corrected chi connectivity index (χ1v) is 6.33. The molecule has 0 aliphatic carbocycles. The lowest BCUT2D eigenvalue weighted by Gasteiger charge is -2.04. The molecule has 1 aromatic carbocycles. The molecule has 0 amide bonds. The zero-order valence-corrected chi connectivity index (χ0v) is 11.2. The van der Waals surface area contributed by atoms with Crippen molar-refractivity contribution in [1.82, 2.24) is 20.2 Å². The number of hydrogen-bond acceptors (Lipinski definition) is 6. The molecule has 3 rings (SSSR count). The van der Waals surface area contributed by atoms with Crippen LogP contribution in [0.2, 0.25) is 0 Å². The Morgan fingerprint density at radius 2 is 1.77 bits per heavy atom. The van der Waals surface area contributed by atoms with Crippen LogP contribution in [0.3, 0.4) is 0 Å². The summed E-state index contributed by atoms with van der Waals surface area (Å²) in [4.78, 5) is 8.15. The van der Waals surface area contributed by atoms with E-state index in [1.807, 2.05) is 30.3 Å². The molecule has 0 radical (unpaired) electrons. The van der Waals surface area contributed by atoms with E-state index in [1.54, 1.807) is 0 Å². The van der Waals surface area contributed by atoms with Crippen molar-refractivity contribution in [2.24, 2.45) is 0 Å². The summed E-state index contributed by atoms with van der Waals surface area (Å²) < 4.78 is 35.1. The first-order valence-electron chi connectivity index (χ1n) is 6.33. The van der Waals surface area contributed by atoms with Gasteiger partial charge in [-0.2, -0.15) is 8.78 Å². The number of halogens is 2. The molecule has 0 saturated heterocycles. The SMILES string of the molecule is FC(F)c1nnc(-c2cnc(COc3ccccc3)nc2)o1. The Kier molecular flexibility index (Phi) is 3.99. The van der Waals surface area contributed by atoms with Crippen molar-refractivity contribution in [3.8, 4) is 17.2 Å². The smallest absolute Gasteiger partial charge is 0.314 e. The summed E-state index contributed by atoms with van der Waals surface area (Å²) in [7, 11) is 0. The predicted octanol–water partition coefficient (Wildman–Crippen LogP) is 3.04. The van der Waals surface area contributed by atoms with Gasteiger partial charge in [0.25, 0.3) is 11.8 Å². The van der Waals surface area contributed by atoms with Gasteiger partial charge in [0, 0.05) is 12.4 Å². The highest BCUT2D eigenvalue weighted by Crippen LogP contribution is 2.22. The third kappa shape index (κ3) is 3.22. The average Bonchev–Trinajstić information content (AvgIpc) is 3.05. The van der Waals surface area contributed by atoms with Crippen LogP contribution in [0.4, 0.5) is 8.78 Å². The lowest BCUT2D eigenvalue weighted by atomic mass is 10.3. The van der Waals surface area contributed by atoms with Gasteiger partial charge in [0.15, 0.2) is 5.82 Å². The molecule has 0 aliphatic rings. The topological polar surface area (TPSA) is 73.9 Å². The van der Waals surface area contributed by atoms with Gasteiger partial charge in [-0.25, -0.2) is 9.97 Å². The van der Waals surface area contributed by atoms with Crippen LogP contribution >= 0.6 is 0 Å². The normalized spacial score (nSPS) is 10.9. The molecule has 0 unspecified atom stereocenters. The van der Waals surface area contributed by atoms with Gasteiger partial charge in [-0.1, -0.05) is 18.2 Å². The lowest BCUT2D eigenvalue weighted by Crippen LogP contribution is -2.01. The minimum absolute atomic E-state index is 0.0502. The fourth-order valence-electron chi connectivity index (χ4n) is 1.64. The molecule has 112 valence electrons. The quantitative estimate of drug-likeness (QED) is 0.721. The number of rotatable bonds is 5. The van der Waals surface area contributed by atoms with Crippen LogP contribution in [-0.4, -0.2) is 20.2 Å². The van der Waals surface area contributed by atoms with Crippen LogP contribution in [-0.2, 0) is 6.61 Å². The number of benzene rings is 1. The second kappa shape index (κ2) is 6.25. The van der Waals surface area contributed by atoms with Crippen molar-refractivity contribution in [1.29, 1.82) is 0 Å². The Morgan fingerprint density at radius 1 is 1.05 bits per heavy atom. The highest BCUT2D eigenvalue weighted by Gasteiger charge is 2.17. The van der Waals surface area contributed by atoms with Gasteiger partial charge in [-0.05, 0) is 12.1 Å². The van der Waals surface area contributed by atoms with Crippen molar-refractivity contribution in [3.63, 3.8) is 0 Å². The molecular weight excluding hydrogens is 294 g/mol. The lowest BCUT2D eigenvalue weighted by molar-refractivity contribution is 0.116. The molecule has 22 heavy (non-hydrogen) atoms. The fourth-order valence-corrected chi connectivity index (χ4v) is 1.64. The molecule has 6 nitrogen and oxygen atoms in total. The molecule has 0 N–H and O–H groups in total. The molecule has 2 aromatic heterocycles. The highest BCUT2D eigenvalue weighted by molar-refractivity contribution is 5.48. The summed E-state index contributed by atoms with van der Waals surface area (Å²) in [6.07, 6.45) is 0.0273. The Bertz CT molecular complexity index is 732. The maximum atomic E-state index is 12.4. The molecule has 2 heterocycles. The second-order valence-corrected chi connectivity index (χ2v) is 4.24. The van der Waals surface area contributed by atoms with Crippen molar-refractivity contribution in [2.45, 2.75) is 13.0 Å². The Morgan fingerprint density at radius 3 is 2.41 bits per heavy atom. The molecule has 0 saturated carbocycles. The van der Waals surface area contributed by atoms with Crippen LogP contribution in [0.1, 0.15) is 18.1 Å². The average molecular weight is 304 g/mol. The summed E-state index contributed by atoms with van der Waals surface area (Å²) in [6.45, 7) is 0.191. The van der Waals surface area contributed by atoms with Crippen molar-refractivity contribution >= 4 is 0 Å².